The maximum atomic E-state index is 10.0. The van der Waals surface area contributed by atoms with Crippen LogP contribution in [-0.2, 0) is 4.79 Å². The molecule has 0 aliphatic heterocycles. The van der Waals surface area contributed by atoms with E-state index in [4.69, 9.17) is 22.3 Å². The fourth-order valence-corrected chi connectivity index (χ4v) is 0.498. The molecule has 7 N–H and O–H groups in total. The molecule has 0 rings (SSSR count). The molecule has 0 amide bonds. The highest BCUT2D eigenvalue weighted by atomic mass is 16.3. The van der Waals surface area contributed by atoms with E-state index in [0.717, 1.165) is 0 Å². The SMILES string of the molecule is N[C@@H]([C@H](N)C=O)[C@H](N)CO. The quantitative estimate of drug-likeness (QED) is 0.320. The van der Waals surface area contributed by atoms with Crippen molar-refractivity contribution in [3.05, 3.63) is 0 Å². The molecule has 60 valence electrons. The fourth-order valence-electron chi connectivity index (χ4n) is 0.498. The van der Waals surface area contributed by atoms with Crippen molar-refractivity contribution in [2.75, 3.05) is 6.61 Å². The molecule has 0 spiro atoms. The zero-order valence-corrected chi connectivity index (χ0v) is 5.60. The molecule has 0 heterocycles. The zero-order valence-electron chi connectivity index (χ0n) is 5.60. The molecule has 0 aromatic heterocycles. The van der Waals surface area contributed by atoms with Gasteiger partial charge in [0.05, 0.1) is 12.6 Å². The summed E-state index contributed by atoms with van der Waals surface area (Å²) in [5.74, 6) is 0. The van der Waals surface area contributed by atoms with Crippen LogP contribution >= 0.6 is 0 Å². The Kier molecular flexibility index (Phi) is 4.13. The van der Waals surface area contributed by atoms with Gasteiger partial charge < -0.3 is 27.1 Å². The van der Waals surface area contributed by atoms with Crippen LogP contribution in [0, 0.1) is 0 Å². The van der Waals surface area contributed by atoms with Crippen molar-refractivity contribution in [3.63, 3.8) is 0 Å². The zero-order chi connectivity index (χ0) is 8.15. The summed E-state index contributed by atoms with van der Waals surface area (Å²) in [6.07, 6.45) is 0.514. The largest absolute Gasteiger partial charge is 0.395 e. The summed E-state index contributed by atoms with van der Waals surface area (Å²) in [6.45, 7) is -0.261. The monoisotopic (exact) mass is 147 g/mol. The number of hydrogen-bond donors (Lipinski definition) is 4. The average molecular weight is 147 g/mol. The van der Waals surface area contributed by atoms with Crippen LogP contribution < -0.4 is 17.2 Å². The summed E-state index contributed by atoms with van der Waals surface area (Å²) in [5, 5.41) is 8.47. The Morgan fingerprint density at radius 2 is 1.90 bits per heavy atom. The van der Waals surface area contributed by atoms with E-state index in [-0.39, 0.29) is 6.61 Å². The minimum Gasteiger partial charge on any atom is -0.395 e. The van der Waals surface area contributed by atoms with Crippen LogP contribution in [-0.4, -0.2) is 36.1 Å². The van der Waals surface area contributed by atoms with Crippen molar-refractivity contribution in [3.8, 4) is 0 Å². The third-order valence-corrected chi connectivity index (χ3v) is 1.31. The molecule has 0 aromatic rings. The maximum absolute atomic E-state index is 10.0. The molecule has 0 aliphatic carbocycles. The molecule has 0 radical (unpaired) electrons. The van der Waals surface area contributed by atoms with Gasteiger partial charge in [0.1, 0.15) is 6.29 Å². The van der Waals surface area contributed by atoms with E-state index in [1.54, 1.807) is 0 Å². The van der Waals surface area contributed by atoms with Crippen molar-refractivity contribution in [1.82, 2.24) is 0 Å². The number of carbonyl (C=O) groups is 1. The summed E-state index contributed by atoms with van der Waals surface area (Å²) in [7, 11) is 0. The van der Waals surface area contributed by atoms with Gasteiger partial charge in [0.2, 0.25) is 0 Å². The van der Waals surface area contributed by atoms with Crippen LogP contribution in [0.2, 0.25) is 0 Å². The van der Waals surface area contributed by atoms with E-state index in [0.29, 0.717) is 6.29 Å². The summed E-state index contributed by atoms with van der Waals surface area (Å²) in [5.41, 5.74) is 15.8. The van der Waals surface area contributed by atoms with Gasteiger partial charge in [-0.15, -0.1) is 0 Å². The molecule has 0 saturated heterocycles. The van der Waals surface area contributed by atoms with Crippen LogP contribution in [0.15, 0.2) is 0 Å². The standard InChI is InChI=1S/C5H13N3O2/c6-3(1-9)5(8)4(7)2-10/h1,3-5,10H,2,6-8H2/t3-,4-,5+/m1/s1. The Morgan fingerprint density at radius 1 is 1.40 bits per heavy atom. The number of carbonyl (C=O) groups excluding carboxylic acids is 1. The Morgan fingerprint density at radius 3 is 2.20 bits per heavy atom. The average Bonchev–Trinajstić information content (AvgIpc) is 2.00. The predicted molar refractivity (Wildman–Crippen MR) is 37.1 cm³/mol. The summed E-state index contributed by atoms with van der Waals surface area (Å²) in [6, 6.07) is -2.08. The predicted octanol–water partition coefficient (Wildman–Crippen LogP) is -2.84. The lowest BCUT2D eigenvalue weighted by Crippen LogP contribution is -2.55. The van der Waals surface area contributed by atoms with E-state index in [9.17, 15) is 4.79 Å². The van der Waals surface area contributed by atoms with Gasteiger partial charge in [-0.2, -0.15) is 0 Å². The van der Waals surface area contributed by atoms with Crippen LogP contribution in [0.3, 0.4) is 0 Å². The Labute approximate surface area is 59.2 Å². The molecule has 0 bridgehead atoms. The van der Waals surface area contributed by atoms with Crippen LogP contribution in [0.1, 0.15) is 0 Å². The third kappa shape index (κ3) is 2.40. The Hall–Kier alpha value is -0.490. The number of aldehydes is 1. The van der Waals surface area contributed by atoms with Gasteiger partial charge in [-0.3, -0.25) is 0 Å². The summed E-state index contributed by atoms with van der Waals surface area (Å²) < 4.78 is 0. The van der Waals surface area contributed by atoms with E-state index in [1.165, 1.54) is 0 Å². The van der Waals surface area contributed by atoms with Crippen molar-refractivity contribution in [2.24, 2.45) is 17.2 Å². The molecular weight excluding hydrogens is 134 g/mol. The first-order valence-corrected chi connectivity index (χ1v) is 2.96. The topological polar surface area (TPSA) is 115 Å². The highest BCUT2D eigenvalue weighted by molar-refractivity contribution is 5.58. The molecule has 10 heavy (non-hydrogen) atoms. The van der Waals surface area contributed by atoms with Gasteiger partial charge in [0.25, 0.3) is 0 Å². The number of aliphatic hydroxyl groups is 1. The molecule has 0 unspecified atom stereocenters. The minimum atomic E-state index is -0.790. The summed E-state index contributed by atoms with van der Waals surface area (Å²) in [4.78, 5) is 10.0. The number of hydrogen-bond acceptors (Lipinski definition) is 5. The molecule has 0 aromatic carbocycles. The van der Waals surface area contributed by atoms with Crippen molar-refractivity contribution in [1.29, 1.82) is 0 Å². The molecule has 0 fully saturated rings. The van der Waals surface area contributed by atoms with Gasteiger partial charge >= 0.3 is 0 Å². The van der Waals surface area contributed by atoms with Crippen LogP contribution in [0.4, 0.5) is 0 Å². The number of nitrogens with two attached hydrogens (primary N) is 3. The second kappa shape index (κ2) is 4.35. The van der Waals surface area contributed by atoms with Gasteiger partial charge in [-0.25, -0.2) is 0 Å². The third-order valence-electron chi connectivity index (χ3n) is 1.31. The first-order valence-electron chi connectivity index (χ1n) is 2.96. The molecule has 3 atom stereocenters. The van der Waals surface area contributed by atoms with E-state index in [1.807, 2.05) is 0 Å². The van der Waals surface area contributed by atoms with Crippen molar-refractivity contribution >= 4 is 6.29 Å². The van der Waals surface area contributed by atoms with Crippen molar-refractivity contribution < 1.29 is 9.90 Å². The second-order valence-corrected chi connectivity index (χ2v) is 2.14. The second-order valence-electron chi connectivity index (χ2n) is 2.14. The van der Waals surface area contributed by atoms with E-state index >= 15 is 0 Å². The lowest BCUT2D eigenvalue weighted by Gasteiger charge is -2.19. The number of aliphatic hydroxyl groups excluding tert-OH is 1. The van der Waals surface area contributed by atoms with Gasteiger partial charge in [-0.1, -0.05) is 0 Å². The Balaban J connectivity index is 3.80. The smallest absolute Gasteiger partial charge is 0.138 e. The summed E-state index contributed by atoms with van der Waals surface area (Å²) >= 11 is 0. The van der Waals surface area contributed by atoms with Gasteiger partial charge in [0.15, 0.2) is 0 Å². The van der Waals surface area contributed by atoms with Crippen molar-refractivity contribution in [2.45, 2.75) is 18.1 Å². The molecule has 0 saturated carbocycles. The van der Waals surface area contributed by atoms with Gasteiger partial charge in [-0.05, 0) is 0 Å². The first-order chi connectivity index (χ1) is 4.63. The first kappa shape index (κ1) is 9.51. The molecular formula is C5H13N3O2. The number of rotatable bonds is 4. The van der Waals surface area contributed by atoms with E-state index in [2.05, 4.69) is 0 Å². The highest BCUT2D eigenvalue weighted by Crippen LogP contribution is 1.88. The fraction of sp³-hybridized carbons (Fsp3) is 0.800. The maximum Gasteiger partial charge on any atom is 0.138 e. The molecule has 5 heteroatoms. The Bertz CT molecular complexity index is 109. The normalized spacial score (nSPS) is 19.6. The molecule has 5 nitrogen and oxygen atoms in total. The lowest BCUT2D eigenvalue weighted by molar-refractivity contribution is -0.109. The van der Waals surface area contributed by atoms with Crippen LogP contribution in [0.25, 0.3) is 0 Å². The highest BCUT2D eigenvalue weighted by Gasteiger charge is 2.18. The lowest BCUT2D eigenvalue weighted by atomic mass is 10.0. The molecule has 0 aliphatic rings. The van der Waals surface area contributed by atoms with Gasteiger partial charge in [0, 0.05) is 12.1 Å². The van der Waals surface area contributed by atoms with Crippen LogP contribution in [0.5, 0.6) is 0 Å². The minimum absolute atomic E-state index is 0.261. The van der Waals surface area contributed by atoms with E-state index < -0.39 is 18.1 Å².